The molecule has 10 heteroatoms. The molecule has 1 aliphatic heterocycles. The molecule has 0 spiro atoms. The van der Waals surface area contributed by atoms with Crippen molar-refractivity contribution in [2.45, 2.75) is 51.6 Å². The van der Waals surface area contributed by atoms with Crippen LogP contribution in [0.5, 0.6) is 0 Å². The zero-order valence-electron chi connectivity index (χ0n) is 17.7. The Balaban J connectivity index is 1.27. The first-order valence-corrected chi connectivity index (χ1v) is 10.6. The molecule has 3 rings (SSSR count). The number of nitrogens with zero attached hydrogens (tertiary/aromatic N) is 3. The summed E-state index contributed by atoms with van der Waals surface area (Å²) in [5.41, 5.74) is 0.451. The van der Waals surface area contributed by atoms with E-state index in [1.165, 1.54) is 6.20 Å². The van der Waals surface area contributed by atoms with Crippen LogP contribution < -0.4 is 15.8 Å². The number of nitrogens with one attached hydrogen (secondary N) is 1. The van der Waals surface area contributed by atoms with Crippen LogP contribution in [-0.4, -0.2) is 39.1 Å². The number of amides is 2. The lowest BCUT2D eigenvalue weighted by Gasteiger charge is -2.12. The predicted molar refractivity (Wildman–Crippen MR) is 114 cm³/mol. The zero-order chi connectivity index (χ0) is 22.8. The number of hydrogen-bond acceptors (Lipinski definition) is 8. The maximum Gasteiger partial charge on any atom is 0.382 e. The Kier molecular flexibility index (Phi) is 8.36. The molecular weight excluding hydrogens is 416 g/mol. The van der Waals surface area contributed by atoms with E-state index < -0.39 is 23.5 Å². The van der Waals surface area contributed by atoms with Gasteiger partial charge in [-0.1, -0.05) is 43.2 Å². The Labute approximate surface area is 185 Å². The van der Waals surface area contributed by atoms with Crippen LogP contribution in [0.1, 0.15) is 50.5 Å². The molecule has 0 atom stereocenters. The average Bonchev–Trinajstić information content (AvgIpc) is 3.10. The van der Waals surface area contributed by atoms with Gasteiger partial charge in [-0.3, -0.25) is 9.59 Å². The third-order valence-corrected chi connectivity index (χ3v) is 4.80. The van der Waals surface area contributed by atoms with Crippen LogP contribution in [0.4, 0.5) is 5.82 Å². The molecule has 10 nitrogen and oxygen atoms in total. The average molecular weight is 442 g/mol. The van der Waals surface area contributed by atoms with Gasteiger partial charge < -0.3 is 15.0 Å². The minimum Gasteiger partial charge on any atom is -0.405 e. The summed E-state index contributed by atoms with van der Waals surface area (Å²) in [4.78, 5) is 60.8. The molecular formula is C22H26N4O6. The molecule has 1 saturated heterocycles. The Morgan fingerprint density at radius 2 is 1.69 bits per heavy atom. The van der Waals surface area contributed by atoms with Gasteiger partial charge in [0.25, 0.3) is 11.8 Å². The molecule has 32 heavy (non-hydrogen) atoms. The maximum absolute atomic E-state index is 12.1. The number of hydrogen-bond donors (Lipinski definition) is 1. The second-order valence-electron chi connectivity index (χ2n) is 7.32. The van der Waals surface area contributed by atoms with Gasteiger partial charge in [0.15, 0.2) is 0 Å². The van der Waals surface area contributed by atoms with Gasteiger partial charge in [0.1, 0.15) is 12.4 Å². The van der Waals surface area contributed by atoms with Crippen molar-refractivity contribution in [1.82, 2.24) is 14.8 Å². The number of carbonyl (C=O) groups is 3. The van der Waals surface area contributed by atoms with Crippen LogP contribution in [-0.2, 0) is 25.8 Å². The number of rotatable bonds is 12. The van der Waals surface area contributed by atoms with Crippen LogP contribution in [0, 0.1) is 0 Å². The summed E-state index contributed by atoms with van der Waals surface area (Å²) < 4.78 is 1.10. The van der Waals surface area contributed by atoms with Crippen molar-refractivity contribution in [2.24, 2.45) is 0 Å². The monoisotopic (exact) mass is 442 g/mol. The molecule has 0 aliphatic carbocycles. The van der Waals surface area contributed by atoms with E-state index in [0.717, 1.165) is 29.6 Å². The predicted octanol–water partition coefficient (Wildman–Crippen LogP) is 1.84. The first-order chi connectivity index (χ1) is 15.5. The molecule has 1 aromatic heterocycles. The fraction of sp³-hybridized carbons (Fsp3) is 0.409. The van der Waals surface area contributed by atoms with E-state index in [0.29, 0.717) is 23.8 Å². The molecule has 0 radical (unpaired) electrons. The van der Waals surface area contributed by atoms with Crippen molar-refractivity contribution in [3.8, 4) is 0 Å². The summed E-state index contributed by atoms with van der Waals surface area (Å²) in [6.07, 6.45) is 4.93. The largest absolute Gasteiger partial charge is 0.405 e. The van der Waals surface area contributed by atoms with Crippen LogP contribution >= 0.6 is 0 Å². The number of aromatic nitrogens is 2. The molecule has 2 amide bonds. The molecule has 1 aliphatic rings. The second-order valence-corrected chi connectivity index (χ2v) is 7.32. The van der Waals surface area contributed by atoms with Crippen LogP contribution in [0.3, 0.4) is 0 Å². The van der Waals surface area contributed by atoms with Gasteiger partial charge in [-0.25, -0.2) is 9.59 Å². The number of benzene rings is 1. The van der Waals surface area contributed by atoms with Gasteiger partial charge in [-0.15, -0.1) is 9.79 Å². The van der Waals surface area contributed by atoms with Gasteiger partial charge in [-0.2, -0.15) is 4.98 Å². The maximum atomic E-state index is 12.1. The van der Waals surface area contributed by atoms with E-state index >= 15 is 0 Å². The van der Waals surface area contributed by atoms with Crippen LogP contribution in [0.25, 0.3) is 0 Å². The number of carbonyl (C=O) groups excluding carboxylic acids is 3. The summed E-state index contributed by atoms with van der Waals surface area (Å²) >= 11 is 0. The Hall–Kier alpha value is -3.69. The topological polar surface area (TPSA) is 120 Å². The molecule has 1 fully saturated rings. The highest BCUT2D eigenvalue weighted by molar-refractivity contribution is 6.01. The zero-order valence-corrected chi connectivity index (χ0v) is 17.7. The lowest BCUT2D eigenvalue weighted by atomic mass is 10.1. The van der Waals surface area contributed by atoms with E-state index in [1.807, 2.05) is 30.3 Å². The third kappa shape index (κ3) is 6.93. The summed E-state index contributed by atoms with van der Waals surface area (Å²) in [5.74, 6) is -1.05. The first kappa shape index (κ1) is 23.0. The number of hydroxylamine groups is 2. The van der Waals surface area contributed by atoms with Crippen LogP contribution in [0.15, 0.2) is 47.4 Å². The fourth-order valence-corrected chi connectivity index (χ4v) is 3.08. The normalized spacial score (nSPS) is 13.3. The molecule has 0 unspecified atom stereocenters. The van der Waals surface area contributed by atoms with Crippen molar-refractivity contribution < 1.29 is 24.1 Å². The van der Waals surface area contributed by atoms with Crippen molar-refractivity contribution in [3.63, 3.8) is 0 Å². The van der Waals surface area contributed by atoms with Gasteiger partial charge in [-0.05, 0) is 18.4 Å². The molecule has 2 heterocycles. The molecule has 2 aromatic rings. The summed E-state index contributed by atoms with van der Waals surface area (Å²) in [5, 5.41) is 3.66. The smallest absolute Gasteiger partial charge is 0.382 e. The quantitative estimate of drug-likeness (QED) is 0.391. The van der Waals surface area contributed by atoms with E-state index in [2.05, 4.69) is 10.3 Å². The Morgan fingerprint density at radius 3 is 2.41 bits per heavy atom. The second kappa shape index (κ2) is 11.6. The lowest BCUT2D eigenvalue weighted by Crippen LogP contribution is -2.31. The highest BCUT2D eigenvalue weighted by Crippen LogP contribution is 2.13. The minimum atomic E-state index is -0.578. The van der Waals surface area contributed by atoms with Crippen molar-refractivity contribution in [3.05, 3.63) is 58.6 Å². The van der Waals surface area contributed by atoms with E-state index in [4.69, 9.17) is 9.68 Å². The Bertz CT molecular complexity index is 975. The van der Waals surface area contributed by atoms with E-state index in [9.17, 15) is 19.2 Å². The van der Waals surface area contributed by atoms with Gasteiger partial charge in [0, 0.05) is 31.9 Å². The molecule has 1 N–H and O–H groups in total. The van der Waals surface area contributed by atoms with Crippen molar-refractivity contribution in [2.75, 3.05) is 11.9 Å². The highest BCUT2D eigenvalue weighted by Gasteiger charge is 2.32. The highest BCUT2D eigenvalue weighted by atomic mass is 16.7. The van der Waals surface area contributed by atoms with Crippen molar-refractivity contribution in [1.29, 1.82) is 0 Å². The first-order valence-electron chi connectivity index (χ1n) is 10.6. The van der Waals surface area contributed by atoms with Crippen LogP contribution in [0.2, 0.25) is 0 Å². The lowest BCUT2D eigenvalue weighted by molar-refractivity contribution is -0.197. The molecule has 0 bridgehead atoms. The van der Waals surface area contributed by atoms with Gasteiger partial charge >= 0.3 is 11.7 Å². The molecule has 0 saturated carbocycles. The minimum absolute atomic E-state index is 0.0872. The van der Waals surface area contributed by atoms with E-state index in [1.54, 1.807) is 6.07 Å². The third-order valence-electron chi connectivity index (χ3n) is 4.80. The van der Waals surface area contributed by atoms with Gasteiger partial charge in [0.2, 0.25) is 0 Å². The summed E-state index contributed by atoms with van der Waals surface area (Å²) in [7, 11) is 0. The standard InChI is InChI=1S/C22H26N4O6/c27-19-11-12-20(28)26(19)32-21(29)10-6-1-2-7-14-23-18-13-15-25(22(30)24-18)31-16-17-8-4-3-5-9-17/h3-5,8-9,13,15H,1-2,6-7,10-12,14,16H2,(H,23,24,30). The number of unbranched alkanes of at least 4 members (excludes halogenated alkanes) is 3. The number of anilines is 1. The van der Waals surface area contributed by atoms with Gasteiger partial charge in [0.05, 0.1) is 6.20 Å². The van der Waals surface area contributed by atoms with E-state index in [-0.39, 0.29) is 25.9 Å². The fourth-order valence-electron chi connectivity index (χ4n) is 3.08. The molecule has 170 valence electrons. The van der Waals surface area contributed by atoms with Crippen molar-refractivity contribution >= 4 is 23.6 Å². The number of imide groups is 1. The summed E-state index contributed by atoms with van der Waals surface area (Å²) in [6.45, 7) is 0.899. The molecule has 1 aromatic carbocycles. The summed E-state index contributed by atoms with van der Waals surface area (Å²) in [6, 6.07) is 11.2. The SMILES string of the molecule is O=C(CCCCCCNc1ccn(OCc2ccccc2)c(=O)n1)ON1C(=O)CCC1=O. The Morgan fingerprint density at radius 1 is 0.969 bits per heavy atom.